The van der Waals surface area contributed by atoms with E-state index in [1.54, 1.807) is 12.1 Å². The molecule has 0 unspecified atom stereocenters. The Hall–Kier alpha value is -1.42. The van der Waals surface area contributed by atoms with Crippen LogP contribution in [0.4, 0.5) is 4.39 Å². The number of amides is 1. The van der Waals surface area contributed by atoms with E-state index in [-0.39, 0.29) is 18.2 Å². The average molecular weight is 209 g/mol. The molecule has 1 aromatic rings. The second-order valence-electron chi connectivity index (χ2n) is 3.44. The Morgan fingerprint density at radius 2 is 2.20 bits per heavy atom. The number of halogens is 1. The van der Waals surface area contributed by atoms with Gasteiger partial charge in [-0.3, -0.25) is 4.79 Å². The van der Waals surface area contributed by atoms with Crippen molar-refractivity contribution < 1.29 is 13.9 Å². The summed E-state index contributed by atoms with van der Waals surface area (Å²) in [7, 11) is 0. The number of hydrogen-bond acceptors (Lipinski definition) is 2. The van der Waals surface area contributed by atoms with Gasteiger partial charge in [0.2, 0.25) is 0 Å². The molecule has 1 aliphatic rings. The van der Waals surface area contributed by atoms with Crippen LogP contribution >= 0.6 is 0 Å². The maximum absolute atomic E-state index is 13.3. The van der Waals surface area contributed by atoms with Gasteiger partial charge in [0.25, 0.3) is 5.91 Å². The molecule has 0 bridgehead atoms. The summed E-state index contributed by atoms with van der Waals surface area (Å²) >= 11 is 0. The Labute approximate surface area is 87.5 Å². The number of rotatable bonds is 1. The fourth-order valence-corrected chi connectivity index (χ4v) is 1.56. The zero-order valence-electron chi connectivity index (χ0n) is 8.28. The molecular formula is C11H12FNO2. The van der Waals surface area contributed by atoms with Crippen molar-refractivity contribution in [1.29, 1.82) is 0 Å². The molecule has 0 saturated carbocycles. The highest BCUT2D eigenvalue weighted by molar-refractivity contribution is 5.94. The number of hydrogen-bond donors (Lipinski definition) is 0. The molecule has 0 spiro atoms. The fourth-order valence-electron chi connectivity index (χ4n) is 1.56. The van der Waals surface area contributed by atoms with Crippen LogP contribution in [0.15, 0.2) is 24.3 Å². The normalized spacial score (nSPS) is 16.5. The highest BCUT2D eigenvalue weighted by Gasteiger charge is 2.20. The molecule has 1 amide bonds. The van der Waals surface area contributed by atoms with E-state index in [0.717, 1.165) is 6.42 Å². The lowest BCUT2D eigenvalue weighted by molar-refractivity contribution is -0.00594. The third kappa shape index (κ3) is 2.15. The molecular weight excluding hydrogens is 197 g/mol. The average Bonchev–Trinajstić information content (AvgIpc) is 2.30. The molecule has 3 nitrogen and oxygen atoms in total. The summed E-state index contributed by atoms with van der Waals surface area (Å²) in [5.41, 5.74) is 0.114. The maximum atomic E-state index is 13.3. The molecule has 1 saturated heterocycles. The first kappa shape index (κ1) is 10.1. The van der Waals surface area contributed by atoms with Gasteiger partial charge in [-0.1, -0.05) is 12.1 Å². The highest BCUT2D eigenvalue weighted by Crippen LogP contribution is 2.12. The molecule has 2 rings (SSSR count). The minimum absolute atomic E-state index is 0.114. The molecule has 0 N–H and O–H groups in total. The summed E-state index contributed by atoms with van der Waals surface area (Å²) in [5, 5.41) is 0. The first-order valence-corrected chi connectivity index (χ1v) is 4.90. The van der Waals surface area contributed by atoms with E-state index < -0.39 is 5.82 Å². The van der Waals surface area contributed by atoms with Crippen LogP contribution in [0.5, 0.6) is 0 Å². The van der Waals surface area contributed by atoms with E-state index in [9.17, 15) is 9.18 Å². The van der Waals surface area contributed by atoms with Gasteiger partial charge in [-0.05, 0) is 18.6 Å². The van der Waals surface area contributed by atoms with Crippen LogP contribution in [0.25, 0.3) is 0 Å². The van der Waals surface area contributed by atoms with Crippen molar-refractivity contribution in [3.05, 3.63) is 35.6 Å². The van der Waals surface area contributed by atoms with Gasteiger partial charge in [-0.25, -0.2) is 4.39 Å². The third-order valence-corrected chi connectivity index (χ3v) is 2.36. The molecule has 0 radical (unpaired) electrons. The van der Waals surface area contributed by atoms with Gasteiger partial charge in [0, 0.05) is 6.54 Å². The second-order valence-corrected chi connectivity index (χ2v) is 3.44. The van der Waals surface area contributed by atoms with E-state index in [4.69, 9.17) is 4.74 Å². The molecule has 15 heavy (non-hydrogen) atoms. The molecule has 0 atom stereocenters. The molecule has 0 aliphatic carbocycles. The maximum Gasteiger partial charge on any atom is 0.258 e. The molecule has 1 aliphatic heterocycles. The Morgan fingerprint density at radius 1 is 1.40 bits per heavy atom. The number of nitrogens with zero attached hydrogens (tertiary/aromatic N) is 1. The summed E-state index contributed by atoms with van der Waals surface area (Å²) in [6.07, 6.45) is 0.806. The number of benzene rings is 1. The van der Waals surface area contributed by atoms with Gasteiger partial charge in [0.1, 0.15) is 12.5 Å². The van der Waals surface area contributed by atoms with Crippen molar-refractivity contribution in [2.75, 3.05) is 19.9 Å². The summed E-state index contributed by atoms with van der Waals surface area (Å²) in [6, 6.07) is 6.00. The molecule has 0 aromatic heterocycles. The summed E-state index contributed by atoms with van der Waals surface area (Å²) in [4.78, 5) is 13.3. The monoisotopic (exact) mass is 209 g/mol. The molecule has 4 heteroatoms. The first-order chi connectivity index (χ1) is 7.29. The lowest BCUT2D eigenvalue weighted by atomic mass is 10.2. The lowest BCUT2D eigenvalue weighted by Crippen LogP contribution is -2.38. The Morgan fingerprint density at radius 3 is 2.87 bits per heavy atom. The summed E-state index contributed by atoms with van der Waals surface area (Å²) < 4.78 is 18.5. The van der Waals surface area contributed by atoms with Crippen LogP contribution in [-0.4, -0.2) is 30.7 Å². The lowest BCUT2D eigenvalue weighted by Gasteiger charge is -2.26. The number of carbonyl (C=O) groups is 1. The van der Waals surface area contributed by atoms with Crippen molar-refractivity contribution in [2.45, 2.75) is 6.42 Å². The topological polar surface area (TPSA) is 29.5 Å². The highest BCUT2D eigenvalue weighted by atomic mass is 19.1. The predicted molar refractivity (Wildman–Crippen MR) is 52.9 cm³/mol. The van der Waals surface area contributed by atoms with Gasteiger partial charge in [0.15, 0.2) is 0 Å². The van der Waals surface area contributed by atoms with Crippen LogP contribution in [-0.2, 0) is 4.74 Å². The predicted octanol–water partition coefficient (Wildman–Crippen LogP) is 1.65. The zero-order valence-corrected chi connectivity index (χ0v) is 8.28. The van der Waals surface area contributed by atoms with Crippen molar-refractivity contribution in [3.63, 3.8) is 0 Å². The van der Waals surface area contributed by atoms with Crippen molar-refractivity contribution in [3.8, 4) is 0 Å². The van der Waals surface area contributed by atoms with E-state index in [1.165, 1.54) is 17.0 Å². The Kier molecular flexibility index (Phi) is 2.97. The van der Waals surface area contributed by atoms with Gasteiger partial charge >= 0.3 is 0 Å². The quantitative estimate of drug-likeness (QED) is 0.703. The second kappa shape index (κ2) is 4.40. The largest absolute Gasteiger partial charge is 0.361 e. The van der Waals surface area contributed by atoms with Crippen LogP contribution in [0.3, 0.4) is 0 Å². The van der Waals surface area contributed by atoms with Gasteiger partial charge in [-0.2, -0.15) is 0 Å². The van der Waals surface area contributed by atoms with Crippen LogP contribution in [0.1, 0.15) is 16.8 Å². The summed E-state index contributed by atoms with van der Waals surface area (Å²) in [5.74, 6) is -0.777. The summed E-state index contributed by atoms with van der Waals surface area (Å²) in [6.45, 7) is 1.56. The van der Waals surface area contributed by atoms with Gasteiger partial charge < -0.3 is 9.64 Å². The smallest absolute Gasteiger partial charge is 0.258 e. The third-order valence-electron chi connectivity index (χ3n) is 2.36. The molecule has 1 heterocycles. The molecule has 80 valence electrons. The number of ether oxygens (including phenoxy) is 1. The molecule has 1 aromatic carbocycles. The van der Waals surface area contributed by atoms with Crippen molar-refractivity contribution in [1.82, 2.24) is 4.90 Å². The SMILES string of the molecule is O=C(c1ccccc1F)N1CCCOC1. The van der Waals surface area contributed by atoms with Gasteiger partial charge in [-0.15, -0.1) is 0 Å². The van der Waals surface area contributed by atoms with E-state index >= 15 is 0 Å². The standard InChI is InChI=1S/C11H12FNO2/c12-10-5-2-1-4-9(10)11(14)13-6-3-7-15-8-13/h1-2,4-5H,3,6-8H2. The van der Waals surface area contributed by atoms with Crippen LogP contribution < -0.4 is 0 Å². The van der Waals surface area contributed by atoms with Crippen LogP contribution in [0.2, 0.25) is 0 Å². The molecule has 1 fully saturated rings. The van der Waals surface area contributed by atoms with Crippen molar-refractivity contribution >= 4 is 5.91 Å². The minimum Gasteiger partial charge on any atom is -0.361 e. The number of carbonyl (C=O) groups excluding carboxylic acids is 1. The van der Waals surface area contributed by atoms with Crippen molar-refractivity contribution in [2.24, 2.45) is 0 Å². The van der Waals surface area contributed by atoms with Gasteiger partial charge in [0.05, 0.1) is 12.2 Å². The first-order valence-electron chi connectivity index (χ1n) is 4.90. The van der Waals surface area contributed by atoms with E-state index in [0.29, 0.717) is 13.2 Å². The van der Waals surface area contributed by atoms with Crippen LogP contribution in [0, 0.1) is 5.82 Å². The Bertz CT molecular complexity index is 361. The minimum atomic E-state index is -0.479. The van der Waals surface area contributed by atoms with E-state index in [1.807, 2.05) is 0 Å². The fraction of sp³-hybridized carbons (Fsp3) is 0.364. The Balaban J connectivity index is 2.16. The van der Waals surface area contributed by atoms with E-state index in [2.05, 4.69) is 0 Å². The zero-order chi connectivity index (χ0) is 10.7.